The maximum atomic E-state index is 13.2. The molecule has 0 saturated heterocycles. The largest absolute Gasteiger partial charge is 0.481 e. The first-order valence-electron chi connectivity index (χ1n) is 7.82. The van der Waals surface area contributed by atoms with Gasteiger partial charge in [0.2, 0.25) is 0 Å². The highest BCUT2D eigenvalue weighted by molar-refractivity contribution is 9.10. The SMILES string of the molecule is CC(Oc1ccc(F)cc1Cl)c1nnc(SCc2cccc(Br)c2)n1C. The van der Waals surface area contributed by atoms with Crippen molar-refractivity contribution in [2.75, 3.05) is 0 Å². The van der Waals surface area contributed by atoms with Crippen molar-refractivity contribution in [1.29, 1.82) is 0 Å². The van der Waals surface area contributed by atoms with Gasteiger partial charge in [-0.1, -0.05) is 51.4 Å². The van der Waals surface area contributed by atoms with Gasteiger partial charge in [0.1, 0.15) is 11.6 Å². The predicted molar refractivity (Wildman–Crippen MR) is 105 cm³/mol. The van der Waals surface area contributed by atoms with Crippen LogP contribution >= 0.6 is 39.3 Å². The summed E-state index contributed by atoms with van der Waals surface area (Å²) in [7, 11) is 1.89. The molecule has 0 aliphatic heterocycles. The van der Waals surface area contributed by atoms with Crippen LogP contribution in [0.15, 0.2) is 52.1 Å². The lowest BCUT2D eigenvalue weighted by molar-refractivity contribution is 0.211. The summed E-state index contributed by atoms with van der Waals surface area (Å²) in [5.41, 5.74) is 1.19. The Kier molecular flexibility index (Phi) is 6.21. The molecule has 1 unspecified atom stereocenters. The number of aromatic nitrogens is 3. The van der Waals surface area contributed by atoms with Crippen molar-refractivity contribution in [2.24, 2.45) is 7.05 Å². The Morgan fingerprint density at radius 1 is 1.27 bits per heavy atom. The van der Waals surface area contributed by atoms with Gasteiger partial charge in [0.15, 0.2) is 17.1 Å². The number of hydrogen-bond acceptors (Lipinski definition) is 4. The van der Waals surface area contributed by atoms with E-state index >= 15 is 0 Å². The molecule has 0 aliphatic rings. The van der Waals surface area contributed by atoms with E-state index in [1.165, 1.54) is 23.8 Å². The van der Waals surface area contributed by atoms with Crippen LogP contribution in [0.3, 0.4) is 0 Å². The molecule has 3 aromatic rings. The third-order valence-electron chi connectivity index (χ3n) is 3.69. The summed E-state index contributed by atoms with van der Waals surface area (Å²) in [6, 6.07) is 12.2. The van der Waals surface area contributed by atoms with Crippen molar-refractivity contribution in [1.82, 2.24) is 14.8 Å². The molecule has 0 fully saturated rings. The first-order valence-corrected chi connectivity index (χ1v) is 9.98. The standard InChI is InChI=1S/C18H16BrClFN3OS/c1-11(25-16-7-6-14(21)9-15(16)20)17-22-23-18(24(17)2)26-10-12-4-3-5-13(19)8-12/h3-9,11H,10H2,1-2H3. The molecule has 3 rings (SSSR count). The Hall–Kier alpha value is -1.57. The van der Waals surface area contributed by atoms with E-state index in [0.717, 1.165) is 15.4 Å². The topological polar surface area (TPSA) is 39.9 Å². The molecule has 0 amide bonds. The fourth-order valence-electron chi connectivity index (χ4n) is 2.39. The van der Waals surface area contributed by atoms with Crippen LogP contribution in [0.4, 0.5) is 4.39 Å². The Balaban J connectivity index is 1.69. The molecule has 0 N–H and O–H groups in total. The molecule has 0 bridgehead atoms. The van der Waals surface area contributed by atoms with Crippen LogP contribution in [0, 0.1) is 5.82 Å². The van der Waals surface area contributed by atoms with Crippen molar-refractivity contribution >= 4 is 39.3 Å². The third-order valence-corrected chi connectivity index (χ3v) is 5.57. The van der Waals surface area contributed by atoms with Gasteiger partial charge < -0.3 is 9.30 Å². The van der Waals surface area contributed by atoms with Gasteiger partial charge in [0.25, 0.3) is 0 Å². The molecule has 1 heterocycles. The second-order valence-electron chi connectivity index (χ2n) is 5.65. The Labute approximate surface area is 168 Å². The monoisotopic (exact) mass is 455 g/mol. The average molecular weight is 457 g/mol. The maximum absolute atomic E-state index is 13.2. The number of hydrogen-bond donors (Lipinski definition) is 0. The minimum absolute atomic E-state index is 0.225. The summed E-state index contributed by atoms with van der Waals surface area (Å²) in [5, 5.41) is 9.49. The van der Waals surface area contributed by atoms with Crippen LogP contribution < -0.4 is 4.74 Å². The number of ether oxygens (including phenoxy) is 1. The maximum Gasteiger partial charge on any atom is 0.191 e. The molecular formula is C18H16BrClFN3OS. The minimum atomic E-state index is -0.403. The van der Waals surface area contributed by atoms with Gasteiger partial charge in [-0.15, -0.1) is 10.2 Å². The summed E-state index contributed by atoms with van der Waals surface area (Å²) in [6.45, 7) is 1.85. The summed E-state index contributed by atoms with van der Waals surface area (Å²) in [4.78, 5) is 0. The van der Waals surface area contributed by atoms with Crippen molar-refractivity contribution in [3.8, 4) is 5.75 Å². The second-order valence-corrected chi connectivity index (χ2v) is 7.92. The lowest BCUT2D eigenvalue weighted by Gasteiger charge is -2.15. The smallest absolute Gasteiger partial charge is 0.191 e. The summed E-state index contributed by atoms with van der Waals surface area (Å²) >= 11 is 11.1. The molecule has 136 valence electrons. The highest BCUT2D eigenvalue weighted by Crippen LogP contribution is 2.30. The van der Waals surface area contributed by atoms with Gasteiger partial charge in [-0.2, -0.15) is 0 Å². The number of halogens is 3. The highest BCUT2D eigenvalue weighted by atomic mass is 79.9. The average Bonchev–Trinajstić information content (AvgIpc) is 2.96. The zero-order chi connectivity index (χ0) is 18.7. The predicted octanol–water partition coefficient (Wildman–Crippen LogP) is 5.80. The van der Waals surface area contributed by atoms with Crippen LogP contribution in [0.5, 0.6) is 5.75 Å². The molecule has 26 heavy (non-hydrogen) atoms. The van der Waals surface area contributed by atoms with E-state index < -0.39 is 5.82 Å². The molecule has 2 aromatic carbocycles. The summed E-state index contributed by atoms with van der Waals surface area (Å²) < 4.78 is 21.9. The number of nitrogens with zero attached hydrogens (tertiary/aromatic N) is 3. The van der Waals surface area contributed by atoms with Gasteiger partial charge in [-0.05, 0) is 42.8 Å². The third kappa shape index (κ3) is 4.58. The van der Waals surface area contributed by atoms with Gasteiger partial charge in [0, 0.05) is 17.3 Å². The Morgan fingerprint density at radius 3 is 2.81 bits per heavy atom. The lowest BCUT2D eigenvalue weighted by atomic mass is 10.2. The van der Waals surface area contributed by atoms with Crippen LogP contribution in [0.25, 0.3) is 0 Å². The zero-order valence-corrected chi connectivity index (χ0v) is 17.3. The molecule has 0 spiro atoms. The summed E-state index contributed by atoms with van der Waals surface area (Å²) in [5.74, 6) is 1.46. The van der Waals surface area contributed by atoms with E-state index in [1.807, 2.05) is 30.7 Å². The number of rotatable bonds is 6. The normalized spacial score (nSPS) is 12.2. The zero-order valence-electron chi connectivity index (χ0n) is 14.1. The first kappa shape index (κ1) is 19.2. The molecule has 0 saturated carbocycles. The Bertz CT molecular complexity index is 921. The molecular weight excluding hydrogens is 441 g/mol. The minimum Gasteiger partial charge on any atom is -0.481 e. The molecule has 8 heteroatoms. The molecule has 4 nitrogen and oxygen atoms in total. The highest BCUT2D eigenvalue weighted by Gasteiger charge is 2.18. The Morgan fingerprint density at radius 2 is 2.08 bits per heavy atom. The fraction of sp³-hybridized carbons (Fsp3) is 0.222. The van der Waals surface area contributed by atoms with Gasteiger partial charge in [-0.3, -0.25) is 0 Å². The number of benzene rings is 2. The van der Waals surface area contributed by atoms with E-state index in [-0.39, 0.29) is 11.1 Å². The number of thioether (sulfide) groups is 1. The molecule has 0 aliphatic carbocycles. The van der Waals surface area contributed by atoms with Crippen LogP contribution in [-0.4, -0.2) is 14.8 Å². The van der Waals surface area contributed by atoms with Crippen LogP contribution in [-0.2, 0) is 12.8 Å². The lowest BCUT2D eigenvalue weighted by Crippen LogP contribution is -2.10. The second kappa shape index (κ2) is 8.41. The van der Waals surface area contributed by atoms with Gasteiger partial charge in [0.05, 0.1) is 5.02 Å². The van der Waals surface area contributed by atoms with E-state index in [1.54, 1.807) is 11.8 Å². The fourth-order valence-corrected chi connectivity index (χ4v) is 3.91. The molecule has 1 atom stereocenters. The van der Waals surface area contributed by atoms with Gasteiger partial charge in [-0.25, -0.2) is 4.39 Å². The molecule has 1 aromatic heterocycles. The van der Waals surface area contributed by atoms with E-state index in [4.69, 9.17) is 16.3 Å². The van der Waals surface area contributed by atoms with E-state index in [9.17, 15) is 4.39 Å². The van der Waals surface area contributed by atoms with Crippen LogP contribution in [0.1, 0.15) is 24.4 Å². The van der Waals surface area contributed by atoms with E-state index in [0.29, 0.717) is 11.6 Å². The van der Waals surface area contributed by atoms with Gasteiger partial charge >= 0.3 is 0 Å². The van der Waals surface area contributed by atoms with Crippen molar-refractivity contribution in [3.05, 3.63) is 69.2 Å². The van der Waals surface area contributed by atoms with Crippen LogP contribution in [0.2, 0.25) is 5.02 Å². The first-order chi connectivity index (χ1) is 12.4. The van der Waals surface area contributed by atoms with Crippen molar-refractivity contribution < 1.29 is 9.13 Å². The van der Waals surface area contributed by atoms with E-state index in [2.05, 4.69) is 38.3 Å². The van der Waals surface area contributed by atoms with Crippen molar-refractivity contribution in [2.45, 2.75) is 23.9 Å². The quantitative estimate of drug-likeness (QED) is 0.439. The molecule has 0 radical (unpaired) electrons. The summed E-state index contributed by atoms with van der Waals surface area (Å²) in [6.07, 6.45) is -0.379. The van der Waals surface area contributed by atoms with Crippen molar-refractivity contribution in [3.63, 3.8) is 0 Å².